The zero-order chi connectivity index (χ0) is 15.1. The van der Waals surface area contributed by atoms with E-state index in [1.165, 1.54) is 0 Å². The highest BCUT2D eigenvalue weighted by Gasteiger charge is 2.06. The number of rotatable bonds is 7. The summed E-state index contributed by atoms with van der Waals surface area (Å²) in [6.45, 7) is 7.62. The molecule has 1 heterocycles. The van der Waals surface area contributed by atoms with Gasteiger partial charge in [-0.15, -0.1) is 0 Å². The number of benzene rings is 1. The highest BCUT2D eigenvalue weighted by Crippen LogP contribution is 2.26. The largest absolute Gasteiger partial charge is 0.494 e. The molecule has 0 amide bonds. The van der Waals surface area contributed by atoms with E-state index < -0.39 is 0 Å². The topological polar surface area (TPSA) is 43.4 Å². The molecule has 0 saturated heterocycles. The third kappa shape index (κ3) is 4.76. The third-order valence-corrected chi connectivity index (χ3v) is 2.93. The van der Waals surface area contributed by atoms with Gasteiger partial charge in [-0.25, -0.2) is 0 Å². The second kappa shape index (κ2) is 7.64. The highest BCUT2D eigenvalue weighted by molar-refractivity contribution is 5.37. The van der Waals surface area contributed by atoms with Crippen LogP contribution in [-0.2, 0) is 6.54 Å². The van der Waals surface area contributed by atoms with Gasteiger partial charge in [-0.05, 0) is 37.3 Å². The second-order valence-corrected chi connectivity index (χ2v) is 5.03. The molecule has 112 valence electrons. The van der Waals surface area contributed by atoms with Crippen LogP contribution < -0.4 is 14.8 Å². The number of nitrogens with zero attached hydrogens (tertiary/aromatic N) is 1. The summed E-state index contributed by atoms with van der Waals surface area (Å²) < 4.78 is 11.3. The maximum absolute atomic E-state index is 5.92. The Hall–Kier alpha value is -2.07. The lowest BCUT2D eigenvalue weighted by Crippen LogP contribution is -2.22. The van der Waals surface area contributed by atoms with Crippen LogP contribution in [0.15, 0.2) is 42.7 Å². The van der Waals surface area contributed by atoms with E-state index in [0.717, 1.165) is 29.4 Å². The Labute approximate surface area is 126 Å². The molecule has 4 nitrogen and oxygen atoms in total. The molecule has 2 aromatic rings. The van der Waals surface area contributed by atoms with Crippen molar-refractivity contribution in [2.24, 2.45) is 0 Å². The molecule has 0 aliphatic carbocycles. The molecule has 0 bridgehead atoms. The maximum atomic E-state index is 5.92. The quantitative estimate of drug-likeness (QED) is 0.841. The van der Waals surface area contributed by atoms with Crippen molar-refractivity contribution in [3.05, 3.63) is 48.3 Å². The normalized spacial score (nSPS) is 10.7. The molecule has 1 aromatic heterocycles. The molecule has 2 rings (SSSR count). The first kappa shape index (κ1) is 15.3. The van der Waals surface area contributed by atoms with Crippen molar-refractivity contribution in [2.75, 3.05) is 6.61 Å². The lowest BCUT2D eigenvalue weighted by molar-refractivity contribution is 0.339. The van der Waals surface area contributed by atoms with Gasteiger partial charge >= 0.3 is 0 Å². The average Bonchev–Trinajstić information content (AvgIpc) is 2.48. The highest BCUT2D eigenvalue weighted by atomic mass is 16.5. The molecule has 0 saturated carbocycles. The molecule has 0 aliphatic heterocycles. The van der Waals surface area contributed by atoms with E-state index in [-0.39, 0.29) is 0 Å². The minimum Gasteiger partial charge on any atom is -0.494 e. The van der Waals surface area contributed by atoms with Gasteiger partial charge in [0, 0.05) is 24.3 Å². The summed E-state index contributed by atoms with van der Waals surface area (Å²) in [7, 11) is 0. The summed E-state index contributed by atoms with van der Waals surface area (Å²) in [6, 6.07) is 10.0. The summed E-state index contributed by atoms with van der Waals surface area (Å²) in [4.78, 5) is 4.14. The predicted octanol–water partition coefficient (Wildman–Crippen LogP) is 3.77. The zero-order valence-corrected chi connectivity index (χ0v) is 12.8. The van der Waals surface area contributed by atoms with Crippen molar-refractivity contribution in [3.63, 3.8) is 0 Å². The van der Waals surface area contributed by atoms with Crippen LogP contribution in [0.4, 0.5) is 0 Å². The summed E-state index contributed by atoms with van der Waals surface area (Å²) in [6.07, 6.45) is 3.52. The van der Waals surface area contributed by atoms with Crippen molar-refractivity contribution in [2.45, 2.75) is 33.4 Å². The summed E-state index contributed by atoms with van der Waals surface area (Å²) in [5, 5.41) is 3.39. The fourth-order valence-electron chi connectivity index (χ4n) is 1.86. The van der Waals surface area contributed by atoms with Gasteiger partial charge in [0.25, 0.3) is 0 Å². The Balaban J connectivity index is 2.08. The van der Waals surface area contributed by atoms with Crippen LogP contribution >= 0.6 is 0 Å². The van der Waals surface area contributed by atoms with E-state index in [4.69, 9.17) is 9.47 Å². The zero-order valence-electron chi connectivity index (χ0n) is 12.8. The van der Waals surface area contributed by atoms with Crippen LogP contribution in [0.5, 0.6) is 17.2 Å². The number of nitrogens with one attached hydrogen (secondary N) is 1. The fraction of sp³-hybridized carbons (Fsp3) is 0.353. The van der Waals surface area contributed by atoms with Crippen LogP contribution in [0.1, 0.15) is 26.3 Å². The number of aromatic nitrogens is 1. The molecular formula is C17H22N2O2. The molecule has 21 heavy (non-hydrogen) atoms. The van der Waals surface area contributed by atoms with Crippen LogP contribution in [0.3, 0.4) is 0 Å². The van der Waals surface area contributed by atoms with Gasteiger partial charge in [0.15, 0.2) is 0 Å². The van der Waals surface area contributed by atoms with Gasteiger partial charge in [-0.1, -0.05) is 13.8 Å². The van der Waals surface area contributed by atoms with E-state index in [1.807, 2.05) is 37.3 Å². The summed E-state index contributed by atoms with van der Waals surface area (Å²) >= 11 is 0. The first-order chi connectivity index (χ1) is 10.2. The maximum Gasteiger partial charge on any atom is 0.150 e. The summed E-state index contributed by atoms with van der Waals surface area (Å²) in [5.41, 5.74) is 1.09. The van der Waals surface area contributed by atoms with Crippen molar-refractivity contribution < 1.29 is 9.47 Å². The van der Waals surface area contributed by atoms with Crippen LogP contribution in [-0.4, -0.2) is 17.6 Å². The number of hydrogen-bond acceptors (Lipinski definition) is 4. The van der Waals surface area contributed by atoms with Crippen molar-refractivity contribution in [3.8, 4) is 17.2 Å². The Morgan fingerprint density at radius 1 is 1.10 bits per heavy atom. The standard InChI is InChI=1S/C17H22N2O2/c1-4-20-15-5-7-16(8-6-15)21-17-12-18-10-9-14(17)11-19-13(2)3/h5-10,12-13,19H,4,11H2,1-3H3. The Morgan fingerprint density at radius 3 is 2.48 bits per heavy atom. The van der Waals surface area contributed by atoms with E-state index in [1.54, 1.807) is 12.4 Å². The SMILES string of the molecule is CCOc1ccc(Oc2cnccc2CNC(C)C)cc1. The van der Waals surface area contributed by atoms with E-state index in [9.17, 15) is 0 Å². The van der Waals surface area contributed by atoms with Gasteiger partial charge in [0.1, 0.15) is 17.2 Å². The van der Waals surface area contributed by atoms with Gasteiger partial charge in [-0.3, -0.25) is 4.98 Å². The van der Waals surface area contributed by atoms with Crippen molar-refractivity contribution >= 4 is 0 Å². The van der Waals surface area contributed by atoms with E-state index in [2.05, 4.69) is 24.1 Å². The van der Waals surface area contributed by atoms with Gasteiger partial charge < -0.3 is 14.8 Å². The number of ether oxygens (including phenoxy) is 2. The van der Waals surface area contributed by atoms with Gasteiger partial charge in [0.2, 0.25) is 0 Å². The third-order valence-electron chi connectivity index (χ3n) is 2.93. The Morgan fingerprint density at radius 2 is 1.81 bits per heavy atom. The van der Waals surface area contributed by atoms with Crippen molar-refractivity contribution in [1.29, 1.82) is 0 Å². The van der Waals surface area contributed by atoms with E-state index in [0.29, 0.717) is 12.6 Å². The summed E-state index contributed by atoms with van der Waals surface area (Å²) in [5.74, 6) is 2.39. The molecule has 0 radical (unpaired) electrons. The predicted molar refractivity (Wildman–Crippen MR) is 83.9 cm³/mol. The van der Waals surface area contributed by atoms with Crippen LogP contribution in [0, 0.1) is 0 Å². The molecule has 0 atom stereocenters. The molecular weight excluding hydrogens is 264 g/mol. The number of pyridine rings is 1. The molecule has 4 heteroatoms. The lowest BCUT2D eigenvalue weighted by atomic mass is 10.2. The second-order valence-electron chi connectivity index (χ2n) is 5.03. The minimum atomic E-state index is 0.427. The van der Waals surface area contributed by atoms with Gasteiger partial charge in [-0.2, -0.15) is 0 Å². The van der Waals surface area contributed by atoms with Crippen LogP contribution in [0.25, 0.3) is 0 Å². The van der Waals surface area contributed by atoms with E-state index >= 15 is 0 Å². The Bertz CT molecular complexity index is 553. The molecule has 1 N–H and O–H groups in total. The average molecular weight is 286 g/mol. The van der Waals surface area contributed by atoms with Gasteiger partial charge in [0.05, 0.1) is 12.8 Å². The first-order valence-corrected chi connectivity index (χ1v) is 7.26. The minimum absolute atomic E-state index is 0.427. The van der Waals surface area contributed by atoms with Crippen molar-refractivity contribution in [1.82, 2.24) is 10.3 Å². The smallest absolute Gasteiger partial charge is 0.150 e. The molecule has 0 spiro atoms. The molecule has 0 fully saturated rings. The molecule has 1 aromatic carbocycles. The molecule has 0 unspecified atom stereocenters. The number of hydrogen-bond donors (Lipinski definition) is 1. The Kier molecular flexibility index (Phi) is 5.58. The van der Waals surface area contributed by atoms with Crippen LogP contribution in [0.2, 0.25) is 0 Å². The fourth-order valence-corrected chi connectivity index (χ4v) is 1.86. The monoisotopic (exact) mass is 286 g/mol. The lowest BCUT2D eigenvalue weighted by Gasteiger charge is -2.13. The molecule has 0 aliphatic rings. The first-order valence-electron chi connectivity index (χ1n) is 7.26.